The second-order valence-corrected chi connectivity index (χ2v) is 9.61. The second-order valence-electron chi connectivity index (χ2n) is 8.61. The van der Waals surface area contributed by atoms with Crippen LogP contribution in [-0.2, 0) is 19.5 Å². The number of amides is 1. The van der Waals surface area contributed by atoms with Crippen molar-refractivity contribution in [2.45, 2.75) is 59.5 Å². The van der Waals surface area contributed by atoms with Gasteiger partial charge in [-0.05, 0) is 51.3 Å². The fourth-order valence-corrected chi connectivity index (χ4v) is 5.73. The number of hydrogen-bond donors (Lipinski definition) is 1. The summed E-state index contributed by atoms with van der Waals surface area (Å²) >= 11 is 1.31. The van der Waals surface area contributed by atoms with Crippen LogP contribution in [0.1, 0.15) is 57.3 Å². The Bertz CT molecular complexity index is 1410. The third kappa shape index (κ3) is 3.78. The minimum Gasteiger partial charge on any atom is -0.347 e. The van der Waals surface area contributed by atoms with Gasteiger partial charge in [0.05, 0.1) is 21.6 Å². The zero-order chi connectivity index (χ0) is 23.1. The summed E-state index contributed by atoms with van der Waals surface area (Å²) < 4.78 is 3.71. The van der Waals surface area contributed by atoms with E-state index in [-0.39, 0.29) is 11.5 Å². The standard InChI is InChI=1S/C25H27N5O2S/c1-15-21-24(27-20-12-8-5-9-13-29(20)25(21)32)33-22(15)23(31)26-14-19-16(2)28-30(17(19)3)18-10-6-4-7-11-18/h4,6-7,10-11H,5,8-9,12-14H2,1-3H3,(H,26,31). The molecule has 8 heteroatoms. The lowest BCUT2D eigenvalue weighted by molar-refractivity contribution is 0.0954. The van der Waals surface area contributed by atoms with Gasteiger partial charge in [-0.25, -0.2) is 9.67 Å². The van der Waals surface area contributed by atoms with Crippen molar-refractivity contribution in [3.05, 3.63) is 73.9 Å². The van der Waals surface area contributed by atoms with E-state index in [9.17, 15) is 9.59 Å². The first-order chi connectivity index (χ1) is 16.0. The van der Waals surface area contributed by atoms with Crippen LogP contribution in [0.2, 0.25) is 0 Å². The number of benzene rings is 1. The van der Waals surface area contributed by atoms with Crippen molar-refractivity contribution in [3.8, 4) is 5.69 Å². The molecule has 0 radical (unpaired) electrons. The van der Waals surface area contributed by atoms with Crippen LogP contribution in [0.3, 0.4) is 0 Å². The van der Waals surface area contributed by atoms with Crippen LogP contribution >= 0.6 is 11.3 Å². The van der Waals surface area contributed by atoms with Crippen molar-refractivity contribution in [1.82, 2.24) is 24.6 Å². The Hall–Kier alpha value is -3.26. The number of aromatic nitrogens is 4. The molecule has 1 aliphatic rings. The van der Waals surface area contributed by atoms with E-state index in [0.717, 1.165) is 59.7 Å². The van der Waals surface area contributed by atoms with Gasteiger partial charge < -0.3 is 5.32 Å². The molecular weight excluding hydrogens is 434 g/mol. The number of carbonyl (C=O) groups excluding carboxylic acids is 1. The average molecular weight is 462 g/mol. The molecule has 33 heavy (non-hydrogen) atoms. The van der Waals surface area contributed by atoms with Gasteiger partial charge in [0.2, 0.25) is 0 Å². The van der Waals surface area contributed by atoms with E-state index in [1.165, 1.54) is 11.3 Å². The van der Waals surface area contributed by atoms with Gasteiger partial charge in [-0.2, -0.15) is 5.10 Å². The first-order valence-corrected chi connectivity index (χ1v) is 12.2. The number of carbonyl (C=O) groups is 1. The molecule has 0 saturated heterocycles. The molecule has 0 atom stereocenters. The van der Waals surface area contributed by atoms with Crippen LogP contribution in [0.5, 0.6) is 0 Å². The molecule has 1 aliphatic heterocycles. The van der Waals surface area contributed by atoms with Gasteiger partial charge >= 0.3 is 0 Å². The summed E-state index contributed by atoms with van der Waals surface area (Å²) in [6.45, 7) is 6.90. The van der Waals surface area contributed by atoms with E-state index < -0.39 is 0 Å². The molecule has 170 valence electrons. The lowest BCUT2D eigenvalue weighted by Gasteiger charge is -2.08. The molecule has 0 fully saturated rings. The Morgan fingerprint density at radius 3 is 2.70 bits per heavy atom. The Morgan fingerprint density at radius 1 is 1.12 bits per heavy atom. The monoisotopic (exact) mass is 461 g/mol. The van der Waals surface area contributed by atoms with Crippen LogP contribution in [-0.4, -0.2) is 25.2 Å². The summed E-state index contributed by atoms with van der Waals surface area (Å²) in [6.07, 6.45) is 3.97. The predicted molar refractivity (Wildman–Crippen MR) is 130 cm³/mol. The van der Waals surface area contributed by atoms with Gasteiger partial charge in [0, 0.05) is 30.8 Å². The molecular formula is C25H27N5O2S. The summed E-state index contributed by atoms with van der Waals surface area (Å²) in [4.78, 5) is 32.3. The van der Waals surface area contributed by atoms with Crippen LogP contribution in [0, 0.1) is 20.8 Å². The fourth-order valence-electron chi connectivity index (χ4n) is 4.63. The molecule has 0 saturated carbocycles. The van der Waals surface area contributed by atoms with E-state index in [1.807, 2.05) is 55.8 Å². The number of fused-ring (bicyclic) bond motifs is 2. The van der Waals surface area contributed by atoms with Crippen LogP contribution < -0.4 is 10.9 Å². The number of nitrogens with zero attached hydrogens (tertiary/aromatic N) is 4. The highest BCUT2D eigenvalue weighted by molar-refractivity contribution is 7.20. The van der Waals surface area contributed by atoms with Crippen molar-refractivity contribution in [1.29, 1.82) is 0 Å². The Labute approximate surface area is 196 Å². The molecule has 3 aromatic heterocycles. The van der Waals surface area contributed by atoms with E-state index in [1.54, 1.807) is 4.57 Å². The normalized spacial score (nSPS) is 13.7. The predicted octanol–water partition coefficient (Wildman–Crippen LogP) is 4.23. The highest BCUT2D eigenvalue weighted by atomic mass is 32.1. The molecule has 5 rings (SSSR count). The molecule has 1 N–H and O–H groups in total. The number of rotatable bonds is 4. The Balaban J connectivity index is 1.43. The number of hydrogen-bond acceptors (Lipinski definition) is 5. The first kappa shape index (κ1) is 21.6. The maximum Gasteiger partial charge on any atom is 0.262 e. The van der Waals surface area contributed by atoms with Gasteiger partial charge in [0.25, 0.3) is 11.5 Å². The quantitative estimate of drug-likeness (QED) is 0.493. The average Bonchev–Trinajstić information content (AvgIpc) is 3.16. The van der Waals surface area contributed by atoms with Gasteiger partial charge in [0.1, 0.15) is 10.7 Å². The van der Waals surface area contributed by atoms with Crippen molar-refractivity contribution in [2.24, 2.45) is 0 Å². The maximum atomic E-state index is 13.2. The van der Waals surface area contributed by atoms with Crippen molar-refractivity contribution < 1.29 is 4.79 Å². The van der Waals surface area contributed by atoms with Gasteiger partial charge in [-0.15, -0.1) is 11.3 Å². The molecule has 0 aliphatic carbocycles. The Kier molecular flexibility index (Phi) is 5.62. The third-order valence-corrected chi connectivity index (χ3v) is 7.67. The SMILES string of the molecule is Cc1nn(-c2ccccc2)c(C)c1CNC(=O)c1sc2nc3n(c(=O)c2c1C)CCCCC3. The number of nitrogens with one attached hydrogen (secondary N) is 1. The minimum absolute atomic E-state index is 0.0134. The fraction of sp³-hybridized carbons (Fsp3) is 0.360. The molecule has 7 nitrogen and oxygen atoms in total. The largest absolute Gasteiger partial charge is 0.347 e. The maximum absolute atomic E-state index is 13.2. The van der Waals surface area contributed by atoms with Crippen molar-refractivity contribution >= 4 is 27.5 Å². The zero-order valence-corrected chi connectivity index (χ0v) is 20.0. The van der Waals surface area contributed by atoms with Crippen molar-refractivity contribution in [3.63, 3.8) is 0 Å². The lowest BCUT2D eigenvalue weighted by atomic mass is 10.1. The molecule has 4 heterocycles. The highest BCUT2D eigenvalue weighted by Gasteiger charge is 2.23. The van der Waals surface area contributed by atoms with E-state index >= 15 is 0 Å². The smallest absolute Gasteiger partial charge is 0.262 e. The molecule has 1 aromatic carbocycles. The van der Waals surface area contributed by atoms with Crippen molar-refractivity contribution in [2.75, 3.05) is 0 Å². The molecule has 0 bridgehead atoms. The molecule has 0 unspecified atom stereocenters. The summed E-state index contributed by atoms with van der Waals surface area (Å²) in [5.74, 6) is 0.666. The molecule has 4 aromatic rings. The third-order valence-electron chi connectivity index (χ3n) is 6.49. The lowest BCUT2D eigenvalue weighted by Crippen LogP contribution is -2.25. The number of para-hydroxylation sites is 1. The summed E-state index contributed by atoms with van der Waals surface area (Å²) in [5.41, 5.74) is 4.57. The summed E-state index contributed by atoms with van der Waals surface area (Å²) in [6, 6.07) is 9.95. The van der Waals surface area contributed by atoms with Gasteiger partial charge in [0.15, 0.2) is 0 Å². The minimum atomic E-state index is -0.179. The summed E-state index contributed by atoms with van der Waals surface area (Å²) in [7, 11) is 0. The van der Waals surface area contributed by atoms with E-state index in [2.05, 4.69) is 10.4 Å². The van der Waals surface area contributed by atoms with E-state index in [4.69, 9.17) is 4.98 Å². The Morgan fingerprint density at radius 2 is 1.91 bits per heavy atom. The van der Waals surface area contributed by atoms with Crippen LogP contribution in [0.15, 0.2) is 35.1 Å². The number of thiophene rings is 1. The molecule has 1 amide bonds. The van der Waals surface area contributed by atoms with Gasteiger partial charge in [-0.3, -0.25) is 14.2 Å². The van der Waals surface area contributed by atoms with Crippen LogP contribution in [0.25, 0.3) is 15.9 Å². The highest BCUT2D eigenvalue weighted by Crippen LogP contribution is 2.28. The van der Waals surface area contributed by atoms with Gasteiger partial charge in [-0.1, -0.05) is 24.6 Å². The topological polar surface area (TPSA) is 81.8 Å². The second kappa shape index (κ2) is 8.59. The first-order valence-electron chi connectivity index (χ1n) is 11.4. The molecule has 0 spiro atoms. The number of aryl methyl sites for hydroxylation is 3. The van der Waals surface area contributed by atoms with E-state index in [0.29, 0.717) is 28.2 Å². The zero-order valence-electron chi connectivity index (χ0n) is 19.1. The summed E-state index contributed by atoms with van der Waals surface area (Å²) in [5, 5.41) is 8.29. The van der Waals surface area contributed by atoms with Crippen LogP contribution in [0.4, 0.5) is 0 Å².